The van der Waals surface area contributed by atoms with Gasteiger partial charge in [-0.3, -0.25) is 19.8 Å². The van der Waals surface area contributed by atoms with Gasteiger partial charge in [0.25, 0.3) is 11.8 Å². The van der Waals surface area contributed by atoms with Gasteiger partial charge in [-0.2, -0.15) is 0 Å². The quantitative estimate of drug-likeness (QED) is 0.285. The number of hydrogen-bond acceptors (Lipinski definition) is 4. The molecule has 1 aliphatic rings. The number of halogens is 2. The van der Waals surface area contributed by atoms with Crippen molar-refractivity contribution in [3.63, 3.8) is 0 Å². The highest BCUT2D eigenvalue weighted by Crippen LogP contribution is 2.27. The van der Waals surface area contributed by atoms with Gasteiger partial charge in [0.2, 0.25) is 0 Å². The van der Waals surface area contributed by atoms with E-state index < -0.39 is 11.8 Å². The zero-order valence-corrected chi connectivity index (χ0v) is 16.9. The maximum Gasteiger partial charge on any atom is 0.270 e. The summed E-state index contributed by atoms with van der Waals surface area (Å²) in [6, 6.07) is 9.02. The Morgan fingerprint density at radius 2 is 2.04 bits per heavy atom. The molecule has 0 atom stereocenters. The minimum absolute atomic E-state index is 0.0375. The topological polar surface area (TPSA) is 62.6 Å². The number of nitrogens with one attached hydrogen (secondary N) is 1. The normalized spacial score (nSPS) is 16.7. The molecular formula is C16H10BrIN2O3S. The molecule has 0 spiro atoms. The van der Waals surface area contributed by atoms with Crippen molar-refractivity contribution < 1.29 is 14.0 Å². The van der Waals surface area contributed by atoms with Crippen LogP contribution in [-0.2, 0) is 9.59 Å². The van der Waals surface area contributed by atoms with Crippen LogP contribution in [-0.4, -0.2) is 16.9 Å². The second-order valence-corrected chi connectivity index (χ2v) is 7.24. The number of rotatable bonds is 2. The Labute approximate surface area is 165 Å². The van der Waals surface area contributed by atoms with Crippen molar-refractivity contribution in [1.29, 1.82) is 0 Å². The first-order valence-corrected chi connectivity index (χ1v) is 9.08. The maximum atomic E-state index is 12.8. The van der Waals surface area contributed by atoms with Crippen molar-refractivity contribution in [3.05, 3.63) is 55.5 Å². The van der Waals surface area contributed by atoms with E-state index in [1.165, 1.54) is 11.0 Å². The summed E-state index contributed by atoms with van der Waals surface area (Å²) in [6.45, 7) is 1.87. The molecule has 2 heterocycles. The van der Waals surface area contributed by atoms with Crippen LogP contribution in [0.2, 0.25) is 0 Å². The molecule has 8 heteroatoms. The fraction of sp³-hybridized carbons (Fsp3) is 0.0625. The summed E-state index contributed by atoms with van der Waals surface area (Å²) in [5.74, 6) is -0.625. The van der Waals surface area contributed by atoms with Crippen molar-refractivity contribution >= 4 is 79.4 Å². The van der Waals surface area contributed by atoms with E-state index in [4.69, 9.17) is 16.6 Å². The van der Waals surface area contributed by atoms with Crippen molar-refractivity contribution in [2.75, 3.05) is 4.90 Å². The molecule has 1 aliphatic heterocycles. The minimum atomic E-state index is -0.544. The Morgan fingerprint density at radius 3 is 2.67 bits per heavy atom. The Kier molecular flexibility index (Phi) is 4.88. The van der Waals surface area contributed by atoms with Crippen LogP contribution in [0.1, 0.15) is 11.3 Å². The zero-order valence-electron chi connectivity index (χ0n) is 12.3. The lowest BCUT2D eigenvalue weighted by molar-refractivity contribution is -0.122. The summed E-state index contributed by atoms with van der Waals surface area (Å²) in [7, 11) is 0. The molecular weight excluding hydrogens is 507 g/mol. The number of para-hydroxylation sites is 1. The van der Waals surface area contributed by atoms with Gasteiger partial charge in [0, 0.05) is 22.6 Å². The number of anilines is 1. The third-order valence-electron chi connectivity index (χ3n) is 3.41. The molecule has 1 aromatic carbocycles. The number of carbonyl (C=O) groups excluding carboxylic acids is 2. The van der Waals surface area contributed by atoms with Crippen LogP contribution in [0, 0.1) is 10.7 Å². The minimum Gasteiger partial charge on any atom is -0.450 e. The van der Waals surface area contributed by atoms with Crippen LogP contribution in [0.4, 0.5) is 5.69 Å². The summed E-state index contributed by atoms with van der Waals surface area (Å²) in [4.78, 5) is 26.4. The van der Waals surface area contributed by atoms with E-state index in [-0.39, 0.29) is 10.7 Å². The molecule has 24 heavy (non-hydrogen) atoms. The van der Waals surface area contributed by atoms with E-state index in [0.717, 1.165) is 10.0 Å². The van der Waals surface area contributed by atoms with E-state index >= 15 is 0 Å². The molecule has 1 N–H and O–H groups in total. The maximum absolute atomic E-state index is 12.8. The summed E-state index contributed by atoms with van der Waals surface area (Å²) in [5.41, 5.74) is 1.47. The van der Waals surface area contributed by atoms with E-state index in [1.807, 2.05) is 47.7 Å². The summed E-state index contributed by atoms with van der Waals surface area (Å²) < 4.78 is 6.87. The highest BCUT2D eigenvalue weighted by atomic mass is 127. The zero-order chi connectivity index (χ0) is 17.4. The molecule has 2 amide bonds. The first-order chi connectivity index (χ1) is 11.4. The lowest BCUT2D eigenvalue weighted by atomic mass is 10.1. The van der Waals surface area contributed by atoms with Gasteiger partial charge in [-0.1, -0.05) is 18.2 Å². The second kappa shape index (κ2) is 6.77. The van der Waals surface area contributed by atoms with Gasteiger partial charge >= 0.3 is 0 Å². The van der Waals surface area contributed by atoms with E-state index in [2.05, 4.69) is 21.2 Å². The standard InChI is InChI=1S/C16H10BrIN2O3S/c1-8-4-2-3-5-12(8)20-15(22)10(14(21)19-16(20)24)6-9-7-11(17)13(18)23-9/h2-7H,1H3,(H,19,21,24)/b10-6+. The van der Waals surface area contributed by atoms with Crippen LogP contribution in [0.3, 0.4) is 0 Å². The number of furan rings is 1. The lowest BCUT2D eigenvalue weighted by Crippen LogP contribution is -2.54. The Hall–Kier alpha value is -1.52. The molecule has 5 nitrogen and oxygen atoms in total. The van der Waals surface area contributed by atoms with E-state index in [1.54, 1.807) is 12.1 Å². The van der Waals surface area contributed by atoms with Gasteiger partial charge in [-0.15, -0.1) is 0 Å². The predicted octanol–water partition coefficient (Wildman–Crippen LogP) is 3.79. The summed E-state index contributed by atoms with van der Waals surface area (Å²) in [6.07, 6.45) is 1.41. The first kappa shape index (κ1) is 17.3. The van der Waals surface area contributed by atoms with Crippen LogP contribution >= 0.6 is 50.7 Å². The molecule has 1 fully saturated rings. The number of nitrogens with zero attached hydrogens (tertiary/aromatic N) is 1. The summed E-state index contributed by atoms with van der Waals surface area (Å²) in [5, 5.41) is 2.61. The average molecular weight is 517 g/mol. The molecule has 0 radical (unpaired) electrons. The smallest absolute Gasteiger partial charge is 0.270 e. The number of hydrogen-bond donors (Lipinski definition) is 1. The lowest BCUT2D eigenvalue weighted by Gasteiger charge is -2.29. The van der Waals surface area contributed by atoms with E-state index in [9.17, 15) is 9.59 Å². The fourth-order valence-corrected chi connectivity index (χ4v) is 3.26. The van der Waals surface area contributed by atoms with Crippen LogP contribution in [0.15, 0.2) is 44.8 Å². The highest BCUT2D eigenvalue weighted by Gasteiger charge is 2.35. The van der Waals surface area contributed by atoms with Crippen molar-refractivity contribution in [2.24, 2.45) is 0 Å². The molecule has 3 rings (SSSR count). The van der Waals surface area contributed by atoms with Crippen molar-refractivity contribution in [1.82, 2.24) is 5.32 Å². The van der Waals surface area contributed by atoms with Crippen molar-refractivity contribution in [2.45, 2.75) is 6.92 Å². The molecule has 1 saturated heterocycles. The number of benzene rings is 1. The Balaban J connectivity index is 2.05. The molecule has 0 unspecified atom stereocenters. The molecule has 0 aliphatic carbocycles. The van der Waals surface area contributed by atoms with Crippen molar-refractivity contribution in [3.8, 4) is 0 Å². The van der Waals surface area contributed by atoms with Gasteiger partial charge < -0.3 is 4.42 Å². The molecule has 2 aromatic rings. The fourth-order valence-electron chi connectivity index (χ4n) is 2.27. The molecule has 1 aromatic heterocycles. The monoisotopic (exact) mass is 516 g/mol. The van der Waals surface area contributed by atoms with Gasteiger partial charge in [0.05, 0.1) is 10.2 Å². The SMILES string of the molecule is Cc1ccccc1N1C(=O)/C(=C/c2cc(Br)c(I)o2)C(=O)NC1=S. The van der Waals surface area contributed by atoms with Crippen LogP contribution < -0.4 is 10.2 Å². The number of carbonyl (C=O) groups is 2. The highest BCUT2D eigenvalue weighted by molar-refractivity contribution is 14.1. The first-order valence-electron chi connectivity index (χ1n) is 6.80. The predicted molar refractivity (Wildman–Crippen MR) is 107 cm³/mol. The van der Waals surface area contributed by atoms with Gasteiger partial charge in [-0.25, -0.2) is 0 Å². The van der Waals surface area contributed by atoms with Gasteiger partial charge in [0.1, 0.15) is 11.3 Å². The number of amides is 2. The van der Waals surface area contributed by atoms with E-state index in [0.29, 0.717) is 15.2 Å². The Morgan fingerprint density at radius 1 is 1.33 bits per heavy atom. The molecule has 122 valence electrons. The largest absolute Gasteiger partial charge is 0.450 e. The third-order valence-corrected chi connectivity index (χ3v) is 5.83. The number of thiocarbonyl (C=S) groups is 1. The molecule has 0 bridgehead atoms. The second-order valence-electron chi connectivity index (χ2n) is 5.01. The van der Waals surface area contributed by atoms with Gasteiger partial charge in [-0.05, 0) is 58.8 Å². The van der Waals surface area contributed by atoms with Crippen LogP contribution in [0.5, 0.6) is 0 Å². The summed E-state index contributed by atoms with van der Waals surface area (Å²) >= 11 is 10.5. The van der Waals surface area contributed by atoms with Gasteiger partial charge in [0.15, 0.2) is 8.88 Å². The average Bonchev–Trinajstić information content (AvgIpc) is 2.83. The third kappa shape index (κ3) is 3.17. The number of aryl methyl sites for hydroxylation is 1. The Bertz CT molecular complexity index is 887. The molecule has 0 saturated carbocycles. The van der Waals surface area contributed by atoms with Crippen LogP contribution in [0.25, 0.3) is 6.08 Å².